The van der Waals surface area contributed by atoms with E-state index < -0.39 is 0 Å². The van der Waals surface area contributed by atoms with Crippen molar-refractivity contribution >= 4 is 5.97 Å². The fourth-order valence-corrected chi connectivity index (χ4v) is 5.49. The van der Waals surface area contributed by atoms with Crippen LogP contribution >= 0.6 is 0 Å². The fourth-order valence-electron chi connectivity index (χ4n) is 5.49. The Kier molecular flexibility index (Phi) is 23.7. The Morgan fingerprint density at radius 3 is 1.18 bits per heavy atom. The molecule has 0 radical (unpaired) electrons. The molecule has 0 aromatic heterocycles. The van der Waals surface area contributed by atoms with Gasteiger partial charge in [0.2, 0.25) is 0 Å². The van der Waals surface area contributed by atoms with E-state index in [2.05, 4.69) is 6.92 Å². The van der Waals surface area contributed by atoms with E-state index in [9.17, 15) is 4.79 Å². The third kappa shape index (κ3) is 22.0. The summed E-state index contributed by atoms with van der Waals surface area (Å²) in [5, 5.41) is 0. The van der Waals surface area contributed by atoms with Gasteiger partial charge in [0, 0.05) is 6.42 Å². The smallest absolute Gasteiger partial charge is 0.306 e. The Morgan fingerprint density at radius 1 is 0.529 bits per heavy atom. The molecule has 1 aliphatic rings. The molecule has 2 nitrogen and oxygen atoms in total. The summed E-state index contributed by atoms with van der Waals surface area (Å²) in [4.78, 5) is 11.3. The molecule has 1 rings (SSSR count). The van der Waals surface area contributed by atoms with Gasteiger partial charge in [0.05, 0.1) is 0 Å². The normalized spacial score (nSPS) is 16.1. The molecule has 0 saturated carbocycles. The average Bonchev–Trinajstić information content (AvgIpc) is 2.84. The van der Waals surface area contributed by atoms with Gasteiger partial charge in [0.25, 0.3) is 0 Å². The Morgan fingerprint density at radius 2 is 0.853 bits per heavy atom. The molecule has 1 atom stereocenters. The average molecular weight is 479 g/mol. The summed E-state index contributed by atoms with van der Waals surface area (Å²) in [6, 6.07) is 0. The molecule has 0 amide bonds. The number of cyclic esters (lactones) is 1. The van der Waals surface area contributed by atoms with Crippen molar-refractivity contribution in [1.82, 2.24) is 0 Å². The molecule has 2 heteroatoms. The molecule has 202 valence electrons. The summed E-state index contributed by atoms with van der Waals surface area (Å²) >= 11 is 0. The van der Waals surface area contributed by atoms with E-state index in [1.165, 1.54) is 161 Å². The maximum atomic E-state index is 11.3. The summed E-state index contributed by atoms with van der Waals surface area (Å²) in [5.41, 5.74) is 0. The lowest BCUT2D eigenvalue weighted by molar-refractivity contribution is -0.154. The van der Waals surface area contributed by atoms with Crippen molar-refractivity contribution in [2.24, 2.45) is 0 Å². The highest BCUT2D eigenvalue weighted by atomic mass is 16.5. The third-order valence-electron chi connectivity index (χ3n) is 7.83. The van der Waals surface area contributed by atoms with Crippen LogP contribution in [0.2, 0.25) is 0 Å². The Balaban J connectivity index is 1.64. The zero-order valence-corrected chi connectivity index (χ0v) is 23.4. The largest absolute Gasteiger partial charge is 0.462 e. The first kappa shape index (κ1) is 31.5. The lowest BCUT2D eigenvalue weighted by Crippen LogP contribution is -2.23. The van der Waals surface area contributed by atoms with E-state index in [1.54, 1.807) is 0 Å². The summed E-state index contributed by atoms with van der Waals surface area (Å²) in [7, 11) is 0. The lowest BCUT2D eigenvalue weighted by atomic mass is 10.0. The van der Waals surface area contributed by atoms with Gasteiger partial charge in [-0.2, -0.15) is 0 Å². The number of hydrogen-bond donors (Lipinski definition) is 0. The van der Waals surface area contributed by atoms with Crippen molar-refractivity contribution in [2.75, 3.05) is 0 Å². The van der Waals surface area contributed by atoms with Crippen LogP contribution in [0.1, 0.15) is 193 Å². The second-order valence-electron chi connectivity index (χ2n) is 11.3. The first-order valence-electron chi connectivity index (χ1n) is 16.0. The van der Waals surface area contributed by atoms with Crippen LogP contribution in [0.3, 0.4) is 0 Å². The molecular formula is C32H62O2. The SMILES string of the molecule is CCCCCCCCCCCCCCCCCCCCCCCCCCC[C@H]1CCCC(=O)O1. The summed E-state index contributed by atoms with van der Waals surface area (Å²) < 4.78 is 5.40. The van der Waals surface area contributed by atoms with Crippen molar-refractivity contribution in [3.63, 3.8) is 0 Å². The van der Waals surface area contributed by atoms with Crippen molar-refractivity contribution in [3.8, 4) is 0 Å². The molecule has 1 heterocycles. The first-order valence-corrected chi connectivity index (χ1v) is 16.0. The van der Waals surface area contributed by atoms with Gasteiger partial charge in [-0.1, -0.05) is 161 Å². The molecule has 34 heavy (non-hydrogen) atoms. The zero-order chi connectivity index (χ0) is 24.4. The Hall–Kier alpha value is -0.530. The van der Waals surface area contributed by atoms with Crippen molar-refractivity contribution in [1.29, 1.82) is 0 Å². The first-order chi connectivity index (χ1) is 16.8. The van der Waals surface area contributed by atoms with Crippen LogP contribution in [0, 0.1) is 0 Å². The molecule has 0 N–H and O–H groups in total. The molecule has 0 aromatic rings. The van der Waals surface area contributed by atoms with Gasteiger partial charge in [-0.05, 0) is 25.7 Å². The Bertz CT molecular complexity index is 419. The van der Waals surface area contributed by atoms with Crippen LogP contribution in [0.5, 0.6) is 0 Å². The van der Waals surface area contributed by atoms with Crippen molar-refractivity contribution in [2.45, 2.75) is 199 Å². The zero-order valence-electron chi connectivity index (χ0n) is 23.4. The van der Waals surface area contributed by atoms with E-state index >= 15 is 0 Å². The molecule has 0 spiro atoms. The number of unbranched alkanes of at least 4 members (excludes halogenated alkanes) is 24. The van der Waals surface area contributed by atoms with Gasteiger partial charge < -0.3 is 4.74 Å². The highest BCUT2D eigenvalue weighted by Crippen LogP contribution is 2.20. The number of hydrogen-bond acceptors (Lipinski definition) is 2. The standard InChI is InChI=1S/C32H62O2/c1-2-3-4-5-6-7-8-9-10-11-12-13-14-15-16-17-18-19-20-21-22-23-24-25-26-28-31-29-27-30-32(33)34-31/h31H,2-30H2,1H3/t31-/m0/s1. The molecule has 0 aliphatic carbocycles. The molecule has 1 aliphatic heterocycles. The van der Waals surface area contributed by atoms with Crippen molar-refractivity contribution < 1.29 is 9.53 Å². The van der Waals surface area contributed by atoms with Gasteiger partial charge in [-0.3, -0.25) is 4.79 Å². The number of rotatable bonds is 26. The second-order valence-corrected chi connectivity index (χ2v) is 11.3. The van der Waals surface area contributed by atoms with Crippen LogP contribution in [0.15, 0.2) is 0 Å². The molecule has 0 aromatic carbocycles. The third-order valence-corrected chi connectivity index (χ3v) is 7.83. The van der Waals surface area contributed by atoms with Crippen LogP contribution < -0.4 is 0 Å². The summed E-state index contributed by atoms with van der Waals surface area (Å²) in [5.74, 6) is 0.0239. The van der Waals surface area contributed by atoms with Gasteiger partial charge in [-0.25, -0.2) is 0 Å². The summed E-state index contributed by atoms with van der Waals surface area (Å²) in [6.07, 6.45) is 40.0. The number of esters is 1. The fraction of sp³-hybridized carbons (Fsp3) is 0.969. The molecule has 0 bridgehead atoms. The van der Waals surface area contributed by atoms with E-state index in [4.69, 9.17) is 4.74 Å². The second kappa shape index (κ2) is 25.6. The maximum absolute atomic E-state index is 11.3. The van der Waals surface area contributed by atoms with Crippen molar-refractivity contribution in [3.05, 3.63) is 0 Å². The number of ether oxygens (including phenoxy) is 1. The molecule has 1 saturated heterocycles. The predicted octanol–water partition coefficient (Wildman–Crippen LogP) is 11.2. The number of carbonyl (C=O) groups excluding carboxylic acids is 1. The minimum absolute atomic E-state index is 0.0239. The van der Waals surface area contributed by atoms with Crippen LogP contribution in [0.4, 0.5) is 0 Å². The maximum Gasteiger partial charge on any atom is 0.306 e. The van der Waals surface area contributed by atoms with Gasteiger partial charge in [-0.15, -0.1) is 0 Å². The highest BCUT2D eigenvalue weighted by molar-refractivity contribution is 5.70. The van der Waals surface area contributed by atoms with E-state index in [0.29, 0.717) is 6.42 Å². The predicted molar refractivity (Wildman–Crippen MR) is 149 cm³/mol. The molecule has 1 fully saturated rings. The van der Waals surface area contributed by atoms with E-state index in [1.807, 2.05) is 0 Å². The number of carbonyl (C=O) groups is 1. The monoisotopic (exact) mass is 478 g/mol. The molecule has 0 unspecified atom stereocenters. The van der Waals surface area contributed by atoms with Crippen LogP contribution in [-0.4, -0.2) is 12.1 Å². The van der Waals surface area contributed by atoms with E-state index in [0.717, 1.165) is 19.3 Å². The minimum atomic E-state index is 0.0239. The summed E-state index contributed by atoms with van der Waals surface area (Å²) in [6.45, 7) is 2.30. The van der Waals surface area contributed by atoms with Gasteiger partial charge in [0.15, 0.2) is 0 Å². The van der Waals surface area contributed by atoms with Gasteiger partial charge in [0.1, 0.15) is 6.10 Å². The highest BCUT2D eigenvalue weighted by Gasteiger charge is 2.19. The topological polar surface area (TPSA) is 26.3 Å². The lowest BCUT2D eigenvalue weighted by Gasteiger charge is -2.21. The quantitative estimate of drug-likeness (QED) is 0.0912. The van der Waals surface area contributed by atoms with Crippen LogP contribution in [0.25, 0.3) is 0 Å². The van der Waals surface area contributed by atoms with Gasteiger partial charge >= 0.3 is 5.97 Å². The molecular weight excluding hydrogens is 416 g/mol. The minimum Gasteiger partial charge on any atom is -0.462 e. The van der Waals surface area contributed by atoms with Crippen LogP contribution in [-0.2, 0) is 9.53 Å². The Labute approximate surface area is 214 Å². The van der Waals surface area contributed by atoms with E-state index in [-0.39, 0.29) is 12.1 Å².